The third-order valence-electron chi connectivity index (χ3n) is 4.07. The van der Waals surface area contributed by atoms with Gasteiger partial charge in [-0.1, -0.05) is 11.6 Å². The molecule has 1 unspecified atom stereocenters. The van der Waals surface area contributed by atoms with Crippen LogP contribution in [0.1, 0.15) is 36.0 Å². The van der Waals surface area contributed by atoms with Crippen LogP contribution in [0.25, 0.3) is 0 Å². The minimum Gasteiger partial charge on any atom is -0.305 e. The molecule has 2 aliphatic rings. The van der Waals surface area contributed by atoms with E-state index in [1.54, 1.807) is 18.2 Å². The van der Waals surface area contributed by atoms with Crippen molar-refractivity contribution in [2.24, 2.45) is 5.92 Å². The lowest BCUT2D eigenvalue weighted by Gasteiger charge is -2.18. The molecule has 0 bridgehead atoms. The largest absolute Gasteiger partial charge is 0.305 e. The van der Waals surface area contributed by atoms with Gasteiger partial charge in [0.2, 0.25) is 0 Å². The molecule has 1 aromatic rings. The number of hydrogen-bond donors (Lipinski definition) is 0. The van der Waals surface area contributed by atoms with Crippen molar-refractivity contribution in [3.63, 3.8) is 0 Å². The van der Waals surface area contributed by atoms with Crippen LogP contribution >= 0.6 is 11.6 Å². The lowest BCUT2D eigenvalue weighted by Crippen LogP contribution is -2.32. The fourth-order valence-corrected chi connectivity index (χ4v) is 3.13. The van der Waals surface area contributed by atoms with Crippen LogP contribution < -0.4 is 4.90 Å². The Morgan fingerprint density at radius 2 is 2.05 bits per heavy atom. The molecule has 1 aliphatic carbocycles. The number of Topliss-reactive ketones (excluding diaryl/α,β-unsaturated/α-hetero) is 2. The number of hydrogen-bond acceptors (Lipinski definition) is 3. The summed E-state index contributed by atoms with van der Waals surface area (Å²) >= 11 is 5.93. The predicted octanol–water partition coefficient (Wildman–Crippen LogP) is 2.63. The number of carbonyl (C=O) groups is 3. The summed E-state index contributed by atoms with van der Waals surface area (Å²) in [4.78, 5) is 37.0. The number of benzene rings is 1. The quantitative estimate of drug-likeness (QED) is 0.805. The number of amides is 1. The number of nitrogens with zero attached hydrogens (tertiary/aromatic N) is 1. The SMILES string of the molecule is O=C1C(=O)N(CCC2CCCC2=O)c2cc(Cl)ccc21. The first kappa shape index (κ1) is 13.3. The second-order valence-electron chi connectivity index (χ2n) is 5.29. The van der Waals surface area contributed by atoms with Gasteiger partial charge in [-0.25, -0.2) is 0 Å². The summed E-state index contributed by atoms with van der Waals surface area (Å²) in [6.45, 7) is 0.397. The Hall–Kier alpha value is -1.68. The molecule has 4 nitrogen and oxygen atoms in total. The number of rotatable bonds is 3. The first-order valence-corrected chi connectivity index (χ1v) is 7.14. The molecule has 3 rings (SSSR count). The minimum atomic E-state index is -0.521. The van der Waals surface area contributed by atoms with Crippen molar-refractivity contribution in [3.8, 4) is 0 Å². The van der Waals surface area contributed by atoms with E-state index in [4.69, 9.17) is 11.6 Å². The molecule has 0 radical (unpaired) electrons. The Morgan fingerprint density at radius 3 is 2.75 bits per heavy atom. The van der Waals surface area contributed by atoms with E-state index in [0.717, 1.165) is 12.8 Å². The topological polar surface area (TPSA) is 54.5 Å². The maximum absolute atomic E-state index is 12.0. The molecule has 104 valence electrons. The van der Waals surface area contributed by atoms with Gasteiger partial charge in [-0.05, 0) is 37.5 Å². The molecule has 0 N–H and O–H groups in total. The van der Waals surface area contributed by atoms with Crippen molar-refractivity contribution >= 4 is 34.8 Å². The lowest BCUT2D eigenvalue weighted by atomic mass is 10.0. The van der Waals surface area contributed by atoms with Gasteiger partial charge in [0.1, 0.15) is 5.78 Å². The van der Waals surface area contributed by atoms with Crippen molar-refractivity contribution in [3.05, 3.63) is 28.8 Å². The number of ketones is 2. The number of fused-ring (bicyclic) bond motifs is 1. The molecule has 1 fully saturated rings. The van der Waals surface area contributed by atoms with Gasteiger partial charge < -0.3 is 4.90 Å². The van der Waals surface area contributed by atoms with Crippen LogP contribution in [-0.4, -0.2) is 24.0 Å². The summed E-state index contributed by atoms with van der Waals surface area (Å²) in [5.74, 6) is -0.711. The zero-order valence-electron chi connectivity index (χ0n) is 10.9. The Balaban J connectivity index is 1.80. The van der Waals surface area contributed by atoms with Crippen molar-refractivity contribution in [1.29, 1.82) is 0 Å². The van der Waals surface area contributed by atoms with Gasteiger partial charge in [0, 0.05) is 23.9 Å². The molecule has 1 saturated carbocycles. The van der Waals surface area contributed by atoms with Gasteiger partial charge in [0.25, 0.3) is 11.7 Å². The van der Waals surface area contributed by atoms with Crippen LogP contribution in [0.2, 0.25) is 5.02 Å². The smallest absolute Gasteiger partial charge is 0.299 e. The highest BCUT2D eigenvalue weighted by Gasteiger charge is 2.36. The maximum Gasteiger partial charge on any atom is 0.299 e. The zero-order valence-corrected chi connectivity index (χ0v) is 11.7. The first-order chi connectivity index (χ1) is 9.58. The van der Waals surface area contributed by atoms with Gasteiger partial charge in [0.15, 0.2) is 0 Å². The van der Waals surface area contributed by atoms with Gasteiger partial charge in [0.05, 0.1) is 11.3 Å². The van der Waals surface area contributed by atoms with Crippen LogP contribution in [0.3, 0.4) is 0 Å². The highest BCUT2D eigenvalue weighted by atomic mass is 35.5. The number of carbonyl (C=O) groups excluding carboxylic acids is 3. The Kier molecular flexibility index (Phi) is 3.34. The second-order valence-corrected chi connectivity index (χ2v) is 5.73. The van der Waals surface area contributed by atoms with Gasteiger partial charge in [-0.3, -0.25) is 14.4 Å². The van der Waals surface area contributed by atoms with E-state index in [1.165, 1.54) is 4.90 Å². The molecule has 1 atom stereocenters. The van der Waals surface area contributed by atoms with Gasteiger partial charge >= 0.3 is 0 Å². The summed E-state index contributed by atoms with van der Waals surface area (Å²) in [6, 6.07) is 4.82. The van der Waals surface area contributed by atoms with Crippen molar-refractivity contribution in [1.82, 2.24) is 0 Å². The van der Waals surface area contributed by atoms with Gasteiger partial charge in [-0.2, -0.15) is 0 Å². The van der Waals surface area contributed by atoms with E-state index in [-0.39, 0.29) is 11.7 Å². The highest BCUT2D eigenvalue weighted by Crippen LogP contribution is 2.33. The Bertz CT molecular complexity index is 611. The van der Waals surface area contributed by atoms with E-state index in [0.29, 0.717) is 35.7 Å². The van der Waals surface area contributed by atoms with E-state index in [9.17, 15) is 14.4 Å². The monoisotopic (exact) mass is 291 g/mol. The van der Waals surface area contributed by atoms with Crippen molar-refractivity contribution in [2.75, 3.05) is 11.4 Å². The molecule has 20 heavy (non-hydrogen) atoms. The molecule has 0 spiro atoms. The summed E-state index contributed by atoms with van der Waals surface area (Å²) in [5.41, 5.74) is 0.968. The molecular weight excluding hydrogens is 278 g/mol. The van der Waals surface area contributed by atoms with Crippen molar-refractivity contribution < 1.29 is 14.4 Å². The van der Waals surface area contributed by atoms with Gasteiger partial charge in [-0.15, -0.1) is 0 Å². The van der Waals surface area contributed by atoms with E-state index < -0.39 is 11.7 Å². The number of halogens is 1. The molecular formula is C15H14ClNO3. The molecule has 0 aromatic heterocycles. The highest BCUT2D eigenvalue weighted by molar-refractivity contribution is 6.52. The molecule has 1 heterocycles. The lowest BCUT2D eigenvalue weighted by molar-refractivity contribution is -0.121. The summed E-state index contributed by atoms with van der Waals surface area (Å²) in [6.07, 6.45) is 3.07. The second kappa shape index (κ2) is 5.02. The fraction of sp³-hybridized carbons (Fsp3) is 0.400. The molecule has 5 heteroatoms. The Labute approximate surface area is 121 Å². The van der Waals surface area contributed by atoms with Crippen LogP contribution in [-0.2, 0) is 9.59 Å². The first-order valence-electron chi connectivity index (χ1n) is 6.76. The molecule has 1 aromatic carbocycles. The number of anilines is 1. The average molecular weight is 292 g/mol. The molecule has 0 saturated heterocycles. The fourth-order valence-electron chi connectivity index (χ4n) is 2.97. The maximum atomic E-state index is 12.0. The Morgan fingerprint density at radius 1 is 1.25 bits per heavy atom. The normalized spacial score (nSPS) is 21.8. The third-order valence-corrected chi connectivity index (χ3v) is 4.30. The van der Waals surface area contributed by atoms with Crippen LogP contribution in [0.5, 0.6) is 0 Å². The standard InChI is InChI=1S/C15H14ClNO3/c16-10-4-5-11-12(8-10)17(15(20)14(11)19)7-6-9-2-1-3-13(9)18/h4-5,8-9H,1-3,6-7H2. The van der Waals surface area contributed by atoms with Crippen LogP contribution in [0, 0.1) is 5.92 Å². The average Bonchev–Trinajstić information content (AvgIpc) is 2.92. The zero-order chi connectivity index (χ0) is 14.3. The predicted molar refractivity (Wildman–Crippen MR) is 75.1 cm³/mol. The van der Waals surface area contributed by atoms with E-state index >= 15 is 0 Å². The summed E-state index contributed by atoms with van der Waals surface area (Å²) in [5, 5.41) is 0.494. The summed E-state index contributed by atoms with van der Waals surface area (Å²) in [7, 11) is 0. The van der Waals surface area contributed by atoms with Crippen molar-refractivity contribution in [2.45, 2.75) is 25.7 Å². The molecule has 1 amide bonds. The van der Waals surface area contributed by atoms with E-state index in [1.807, 2.05) is 0 Å². The van der Waals surface area contributed by atoms with E-state index in [2.05, 4.69) is 0 Å². The van der Waals surface area contributed by atoms with Crippen LogP contribution in [0.4, 0.5) is 5.69 Å². The summed E-state index contributed by atoms with van der Waals surface area (Å²) < 4.78 is 0. The third kappa shape index (κ3) is 2.14. The van der Waals surface area contributed by atoms with Crippen LogP contribution in [0.15, 0.2) is 18.2 Å². The minimum absolute atomic E-state index is 0.0288. The molecule has 1 aliphatic heterocycles.